The zero-order valence-corrected chi connectivity index (χ0v) is 14.2. The van der Waals surface area contributed by atoms with E-state index in [1.165, 1.54) is 12.3 Å². The number of benzene rings is 2. The number of hydrogen-bond acceptors (Lipinski definition) is 4. The van der Waals surface area contributed by atoms with E-state index < -0.39 is 5.82 Å². The largest absolute Gasteiger partial charge is 0.383 e. The Bertz CT molecular complexity index is 833. The van der Waals surface area contributed by atoms with E-state index in [0.29, 0.717) is 17.9 Å². The Kier molecular flexibility index (Phi) is 5.00. The van der Waals surface area contributed by atoms with Gasteiger partial charge in [-0.1, -0.05) is 6.07 Å². The molecule has 0 spiro atoms. The molecule has 2 aromatic carbocycles. The fourth-order valence-corrected chi connectivity index (χ4v) is 2.74. The molecule has 130 valence electrons. The molecule has 1 aliphatic rings. The molecule has 5 nitrogen and oxygen atoms in total. The molecule has 0 aliphatic carbocycles. The number of carbonyl (C=O) groups excluding carboxylic acids is 1. The zero-order valence-electron chi connectivity index (χ0n) is 14.2. The average molecular weight is 341 g/mol. The van der Waals surface area contributed by atoms with Crippen LogP contribution in [-0.4, -0.2) is 26.2 Å². The molecule has 1 heterocycles. The molecule has 0 fully saturated rings. The summed E-state index contributed by atoms with van der Waals surface area (Å²) in [6.45, 7) is 3.35. The number of fused-ring (bicyclic) bond motifs is 1. The van der Waals surface area contributed by atoms with Crippen LogP contribution in [0.3, 0.4) is 0 Å². The standard InChI is InChI=1S/C19H20FN3O2/c1-12-10-13(6-7-16(12)21-8-9-25-2)22-11-14-18-15(20)4-3-5-17(18)23-19(14)24/h3-7,10-11,21-22H,8-9H2,1-2H3,(H,23,24)/b14-11+. The Morgan fingerprint density at radius 3 is 2.88 bits per heavy atom. The number of nitrogens with one attached hydrogen (secondary N) is 3. The number of anilines is 3. The number of hydrogen-bond donors (Lipinski definition) is 3. The van der Waals surface area contributed by atoms with E-state index in [9.17, 15) is 9.18 Å². The van der Waals surface area contributed by atoms with E-state index >= 15 is 0 Å². The lowest BCUT2D eigenvalue weighted by Crippen LogP contribution is -2.08. The molecule has 0 aromatic heterocycles. The summed E-state index contributed by atoms with van der Waals surface area (Å²) in [5.74, 6) is -0.736. The van der Waals surface area contributed by atoms with Gasteiger partial charge >= 0.3 is 0 Å². The van der Waals surface area contributed by atoms with Crippen molar-refractivity contribution in [3.63, 3.8) is 0 Å². The van der Waals surface area contributed by atoms with Crippen molar-refractivity contribution < 1.29 is 13.9 Å². The summed E-state index contributed by atoms with van der Waals surface area (Å²) in [5.41, 5.74) is 3.97. The molecular weight excluding hydrogens is 321 g/mol. The fraction of sp³-hybridized carbons (Fsp3) is 0.211. The first kappa shape index (κ1) is 17.0. The van der Waals surface area contributed by atoms with Crippen molar-refractivity contribution in [2.45, 2.75) is 6.92 Å². The highest BCUT2D eigenvalue weighted by Gasteiger charge is 2.27. The second-order valence-electron chi connectivity index (χ2n) is 5.77. The summed E-state index contributed by atoms with van der Waals surface area (Å²) in [7, 11) is 1.66. The second-order valence-corrected chi connectivity index (χ2v) is 5.77. The minimum Gasteiger partial charge on any atom is -0.383 e. The molecule has 0 atom stereocenters. The van der Waals surface area contributed by atoms with Crippen LogP contribution in [0.2, 0.25) is 0 Å². The summed E-state index contributed by atoms with van der Waals surface area (Å²) >= 11 is 0. The molecule has 0 radical (unpaired) electrons. The summed E-state index contributed by atoms with van der Waals surface area (Å²) in [4.78, 5) is 12.1. The molecule has 6 heteroatoms. The predicted molar refractivity (Wildman–Crippen MR) is 98.2 cm³/mol. The predicted octanol–water partition coefficient (Wildman–Crippen LogP) is 3.60. The SMILES string of the molecule is COCCNc1ccc(N/C=C2/C(=O)Nc3cccc(F)c32)cc1C. The van der Waals surface area contributed by atoms with Gasteiger partial charge in [0.15, 0.2) is 0 Å². The van der Waals surface area contributed by atoms with Gasteiger partial charge in [0.2, 0.25) is 0 Å². The van der Waals surface area contributed by atoms with Gasteiger partial charge in [-0.25, -0.2) is 4.39 Å². The summed E-state index contributed by atoms with van der Waals surface area (Å²) in [5, 5.41) is 9.03. The number of aryl methyl sites for hydroxylation is 1. The maximum absolute atomic E-state index is 14.0. The number of amides is 1. The van der Waals surface area contributed by atoms with Crippen molar-refractivity contribution in [2.75, 3.05) is 36.2 Å². The van der Waals surface area contributed by atoms with Crippen molar-refractivity contribution in [1.82, 2.24) is 0 Å². The molecule has 1 aliphatic heterocycles. The van der Waals surface area contributed by atoms with Crippen LogP contribution >= 0.6 is 0 Å². The van der Waals surface area contributed by atoms with E-state index in [4.69, 9.17) is 4.74 Å². The van der Waals surface area contributed by atoms with Gasteiger partial charge in [0.05, 0.1) is 17.9 Å². The number of carbonyl (C=O) groups is 1. The van der Waals surface area contributed by atoms with Crippen LogP contribution in [0.25, 0.3) is 5.57 Å². The smallest absolute Gasteiger partial charge is 0.257 e. The first-order valence-corrected chi connectivity index (χ1v) is 8.00. The molecule has 2 aromatic rings. The molecule has 3 rings (SSSR count). The zero-order chi connectivity index (χ0) is 17.8. The third-order valence-electron chi connectivity index (χ3n) is 4.01. The third-order valence-corrected chi connectivity index (χ3v) is 4.01. The van der Waals surface area contributed by atoms with Gasteiger partial charge in [0, 0.05) is 36.8 Å². The molecule has 1 amide bonds. The maximum atomic E-state index is 14.0. The van der Waals surface area contributed by atoms with Crippen molar-refractivity contribution in [3.05, 3.63) is 59.5 Å². The highest BCUT2D eigenvalue weighted by molar-refractivity contribution is 6.31. The molecule has 0 unspecified atom stereocenters. The van der Waals surface area contributed by atoms with Gasteiger partial charge in [0.25, 0.3) is 5.91 Å². The van der Waals surface area contributed by atoms with E-state index in [1.807, 2.05) is 25.1 Å². The average Bonchev–Trinajstić information content (AvgIpc) is 2.91. The Balaban J connectivity index is 1.77. The molecule has 0 saturated heterocycles. The number of rotatable bonds is 6. The summed E-state index contributed by atoms with van der Waals surface area (Å²) in [6.07, 6.45) is 1.54. The van der Waals surface area contributed by atoms with Crippen LogP contribution in [0.5, 0.6) is 0 Å². The molecule has 25 heavy (non-hydrogen) atoms. The van der Waals surface area contributed by atoms with E-state index in [-0.39, 0.29) is 11.5 Å². The first-order chi connectivity index (χ1) is 12.1. The maximum Gasteiger partial charge on any atom is 0.257 e. The van der Waals surface area contributed by atoms with Crippen LogP contribution in [0.1, 0.15) is 11.1 Å². The second kappa shape index (κ2) is 7.36. The monoisotopic (exact) mass is 341 g/mol. The van der Waals surface area contributed by atoms with Crippen LogP contribution in [0.15, 0.2) is 42.6 Å². The topological polar surface area (TPSA) is 62.4 Å². The van der Waals surface area contributed by atoms with Crippen LogP contribution in [0.4, 0.5) is 21.5 Å². The number of methoxy groups -OCH3 is 1. The van der Waals surface area contributed by atoms with Crippen molar-refractivity contribution >= 4 is 28.5 Å². The molecule has 0 bridgehead atoms. The summed E-state index contributed by atoms with van der Waals surface area (Å²) in [6, 6.07) is 10.4. The lowest BCUT2D eigenvalue weighted by atomic mass is 10.1. The normalized spacial score (nSPS) is 14.4. The van der Waals surface area contributed by atoms with Crippen molar-refractivity contribution in [3.8, 4) is 0 Å². The van der Waals surface area contributed by atoms with E-state index in [0.717, 1.165) is 23.5 Å². The minimum absolute atomic E-state index is 0.285. The lowest BCUT2D eigenvalue weighted by molar-refractivity contribution is -0.110. The van der Waals surface area contributed by atoms with Crippen LogP contribution < -0.4 is 16.0 Å². The highest BCUT2D eigenvalue weighted by Crippen LogP contribution is 2.33. The Morgan fingerprint density at radius 2 is 2.12 bits per heavy atom. The van der Waals surface area contributed by atoms with Gasteiger partial charge in [-0.15, -0.1) is 0 Å². The van der Waals surface area contributed by atoms with Gasteiger partial charge in [-0.05, 0) is 42.8 Å². The third kappa shape index (κ3) is 3.64. The van der Waals surface area contributed by atoms with Gasteiger partial charge in [0.1, 0.15) is 5.82 Å². The minimum atomic E-state index is -0.419. The van der Waals surface area contributed by atoms with E-state index in [2.05, 4.69) is 16.0 Å². The first-order valence-electron chi connectivity index (χ1n) is 8.00. The molecular formula is C19H20FN3O2. The quantitative estimate of drug-likeness (QED) is 0.555. The van der Waals surface area contributed by atoms with Crippen molar-refractivity contribution in [1.29, 1.82) is 0 Å². The van der Waals surface area contributed by atoms with Gasteiger partial charge < -0.3 is 20.7 Å². The highest BCUT2D eigenvalue weighted by atomic mass is 19.1. The Morgan fingerprint density at radius 1 is 1.28 bits per heavy atom. The summed E-state index contributed by atoms with van der Waals surface area (Å²) < 4.78 is 19.0. The Labute approximate surface area is 145 Å². The van der Waals surface area contributed by atoms with Gasteiger partial charge in [-0.2, -0.15) is 0 Å². The van der Waals surface area contributed by atoms with Crippen molar-refractivity contribution in [2.24, 2.45) is 0 Å². The molecule has 3 N–H and O–H groups in total. The Hall–Kier alpha value is -2.86. The number of ether oxygens (including phenoxy) is 1. The van der Waals surface area contributed by atoms with E-state index in [1.54, 1.807) is 19.2 Å². The molecule has 0 saturated carbocycles. The van der Waals surface area contributed by atoms with Crippen LogP contribution in [-0.2, 0) is 9.53 Å². The fourth-order valence-electron chi connectivity index (χ4n) is 2.74. The van der Waals surface area contributed by atoms with Crippen LogP contribution in [0, 0.1) is 12.7 Å². The van der Waals surface area contributed by atoms with Gasteiger partial charge in [-0.3, -0.25) is 4.79 Å². The lowest BCUT2D eigenvalue weighted by Gasteiger charge is -2.11. The number of halogens is 1.